The smallest absolute Gasteiger partial charge is 0.263 e. The van der Waals surface area contributed by atoms with E-state index in [0.29, 0.717) is 4.47 Å². The number of nitrogens with one attached hydrogen (secondary N) is 1. The molecule has 0 amide bonds. The molecule has 0 saturated carbocycles. The summed E-state index contributed by atoms with van der Waals surface area (Å²) in [5.74, 6) is -0.383. The van der Waals surface area contributed by atoms with Gasteiger partial charge in [0.25, 0.3) is 10.0 Å². The molecule has 0 heterocycles. The third-order valence-electron chi connectivity index (χ3n) is 2.84. The number of ether oxygens (including phenoxy) is 2. The Bertz CT molecular complexity index is 795. The number of benzene rings is 2. The molecule has 118 valence electrons. The van der Waals surface area contributed by atoms with Crippen molar-refractivity contribution < 1.29 is 22.3 Å². The van der Waals surface area contributed by atoms with Crippen LogP contribution < -0.4 is 14.2 Å². The fraction of sp³-hybridized carbons (Fsp3) is 0.143. The summed E-state index contributed by atoms with van der Waals surface area (Å²) in [5.41, 5.74) is -0.228. The highest BCUT2D eigenvalue weighted by Crippen LogP contribution is 2.34. The maximum absolute atomic E-state index is 14.0. The molecular weight excluding hydrogens is 377 g/mol. The predicted octanol–water partition coefficient (Wildman–Crippen LogP) is 3.41. The summed E-state index contributed by atoms with van der Waals surface area (Å²) in [7, 11) is -1.20. The van der Waals surface area contributed by atoms with Crippen molar-refractivity contribution in [2.45, 2.75) is 4.90 Å². The summed E-state index contributed by atoms with van der Waals surface area (Å²) >= 11 is 3.16. The lowest BCUT2D eigenvalue weighted by molar-refractivity contribution is 0.353. The van der Waals surface area contributed by atoms with Gasteiger partial charge in [-0.05, 0) is 28.1 Å². The summed E-state index contributed by atoms with van der Waals surface area (Å²) in [4.78, 5) is 0.00387. The van der Waals surface area contributed by atoms with Crippen molar-refractivity contribution in [3.05, 3.63) is 46.7 Å². The molecule has 2 rings (SSSR count). The Morgan fingerprint density at radius 1 is 1.09 bits per heavy atom. The molecule has 2 aromatic rings. The topological polar surface area (TPSA) is 64.6 Å². The lowest BCUT2D eigenvalue weighted by Gasteiger charge is -2.13. The quantitative estimate of drug-likeness (QED) is 0.850. The van der Waals surface area contributed by atoms with Crippen LogP contribution in [-0.4, -0.2) is 22.6 Å². The Morgan fingerprint density at radius 2 is 1.68 bits per heavy atom. The minimum absolute atomic E-state index is 0.00387. The average Bonchev–Trinajstić information content (AvgIpc) is 2.48. The van der Waals surface area contributed by atoms with Gasteiger partial charge in [-0.25, -0.2) is 12.8 Å². The Balaban J connectivity index is 2.44. The van der Waals surface area contributed by atoms with Crippen LogP contribution in [0.3, 0.4) is 0 Å². The van der Waals surface area contributed by atoms with Gasteiger partial charge < -0.3 is 9.47 Å². The Hall–Kier alpha value is -1.80. The molecule has 0 aromatic heterocycles. The van der Waals surface area contributed by atoms with Gasteiger partial charge in [-0.3, -0.25) is 4.72 Å². The Morgan fingerprint density at radius 3 is 2.27 bits per heavy atom. The summed E-state index contributed by atoms with van der Waals surface area (Å²) in [5, 5.41) is 0. The summed E-state index contributed by atoms with van der Waals surface area (Å²) < 4.78 is 51.3. The van der Waals surface area contributed by atoms with Crippen LogP contribution in [0.15, 0.2) is 45.8 Å². The molecule has 22 heavy (non-hydrogen) atoms. The highest BCUT2D eigenvalue weighted by Gasteiger charge is 2.20. The third kappa shape index (κ3) is 3.33. The highest BCUT2D eigenvalue weighted by molar-refractivity contribution is 9.10. The monoisotopic (exact) mass is 389 g/mol. The number of hydrogen-bond acceptors (Lipinski definition) is 4. The summed E-state index contributed by atoms with van der Waals surface area (Å²) in [6.07, 6.45) is 0. The molecular formula is C14H13BrFNO4S. The number of rotatable bonds is 5. The van der Waals surface area contributed by atoms with Crippen LogP contribution >= 0.6 is 15.9 Å². The molecule has 0 fully saturated rings. The first-order valence-corrected chi connectivity index (χ1v) is 8.35. The van der Waals surface area contributed by atoms with Crippen molar-refractivity contribution in [1.82, 2.24) is 0 Å². The first-order valence-electron chi connectivity index (χ1n) is 6.08. The van der Waals surface area contributed by atoms with Crippen molar-refractivity contribution in [2.24, 2.45) is 0 Å². The zero-order valence-electron chi connectivity index (χ0n) is 11.8. The molecule has 1 N–H and O–H groups in total. The van der Waals surface area contributed by atoms with Gasteiger partial charge in [0.2, 0.25) is 0 Å². The maximum Gasteiger partial charge on any atom is 0.263 e. The van der Waals surface area contributed by atoms with Crippen LogP contribution in [0, 0.1) is 5.82 Å². The normalized spacial score (nSPS) is 11.1. The average molecular weight is 390 g/mol. The van der Waals surface area contributed by atoms with E-state index in [1.807, 2.05) is 0 Å². The van der Waals surface area contributed by atoms with E-state index in [2.05, 4.69) is 20.7 Å². The predicted molar refractivity (Wildman–Crippen MR) is 84.5 cm³/mol. The first kappa shape index (κ1) is 16.6. The van der Waals surface area contributed by atoms with Gasteiger partial charge in [0.15, 0.2) is 17.3 Å². The molecule has 0 radical (unpaired) electrons. The lowest BCUT2D eigenvalue weighted by Crippen LogP contribution is -2.14. The second kappa shape index (κ2) is 6.53. The fourth-order valence-electron chi connectivity index (χ4n) is 1.79. The Labute approximate surface area is 136 Å². The molecule has 0 spiro atoms. The van der Waals surface area contributed by atoms with Gasteiger partial charge in [-0.15, -0.1) is 0 Å². The maximum atomic E-state index is 14.0. The van der Waals surface area contributed by atoms with Crippen molar-refractivity contribution >= 4 is 31.6 Å². The van der Waals surface area contributed by atoms with Crippen LogP contribution in [0.4, 0.5) is 10.1 Å². The number of methoxy groups -OCH3 is 2. The van der Waals surface area contributed by atoms with E-state index >= 15 is 0 Å². The lowest BCUT2D eigenvalue weighted by atomic mass is 10.2. The minimum atomic E-state index is -3.94. The van der Waals surface area contributed by atoms with Gasteiger partial charge in [-0.1, -0.05) is 12.1 Å². The van der Waals surface area contributed by atoms with Gasteiger partial charge in [0.1, 0.15) is 4.90 Å². The van der Waals surface area contributed by atoms with Crippen LogP contribution in [0.1, 0.15) is 0 Å². The zero-order chi connectivity index (χ0) is 16.3. The van der Waals surface area contributed by atoms with E-state index in [9.17, 15) is 12.8 Å². The van der Waals surface area contributed by atoms with Crippen LogP contribution in [0.25, 0.3) is 0 Å². The molecule has 0 aliphatic rings. The number of halogens is 2. The van der Waals surface area contributed by atoms with Crippen LogP contribution in [0.2, 0.25) is 0 Å². The molecule has 8 heteroatoms. The van der Waals surface area contributed by atoms with E-state index in [1.165, 1.54) is 26.4 Å². The van der Waals surface area contributed by atoms with Crippen molar-refractivity contribution in [2.75, 3.05) is 18.9 Å². The number of sulfonamides is 1. The molecule has 0 bridgehead atoms. The number of anilines is 1. The van der Waals surface area contributed by atoms with E-state index in [4.69, 9.17) is 9.47 Å². The zero-order valence-corrected chi connectivity index (χ0v) is 14.2. The molecule has 5 nitrogen and oxygen atoms in total. The molecule has 0 aliphatic heterocycles. The SMILES string of the molecule is COc1cc(F)c(NS(=O)(=O)c2ccccc2Br)cc1OC. The second-order valence-corrected chi connectivity index (χ2v) is 6.73. The van der Waals surface area contributed by atoms with Gasteiger partial charge >= 0.3 is 0 Å². The highest BCUT2D eigenvalue weighted by atomic mass is 79.9. The number of hydrogen-bond donors (Lipinski definition) is 1. The standard InChI is InChI=1S/C14H13BrFNO4S/c1-20-12-7-10(16)11(8-13(12)21-2)17-22(18,19)14-6-4-3-5-9(14)15/h3-8,17H,1-2H3. The van der Waals surface area contributed by atoms with E-state index in [1.54, 1.807) is 18.2 Å². The van der Waals surface area contributed by atoms with Crippen molar-refractivity contribution in [1.29, 1.82) is 0 Å². The van der Waals surface area contributed by atoms with Gasteiger partial charge in [0.05, 0.1) is 19.9 Å². The van der Waals surface area contributed by atoms with Crippen molar-refractivity contribution in [3.8, 4) is 11.5 Å². The van der Waals surface area contributed by atoms with E-state index < -0.39 is 15.8 Å². The molecule has 2 aromatic carbocycles. The minimum Gasteiger partial charge on any atom is -0.493 e. The summed E-state index contributed by atoms with van der Waals surface area (Å²) in [6.45, 7) is 0. The van der Waals surface area contributed by atoms with Crippen LogP contribution in [0.5, 0.6) is 11.5 Å². The Kier molecular flexibility index (Phi) is 4.92. The molecule has 0 aliphatic carbocycles. The first-order chi connectivity index (χ1) is 10.4. The molecule has 0 atom stereocenters. The third-order valence-corrected chi connectivity index (χ3v) is 5.22. The van der Waals surface area contributed by atoms with Crippen LogP contribution in [-0.2, 0) is 10.0 Å². The second-order valence-electron chi connectivity index (χ2n) is 4.22. The fourth-order valence-corrected chi connectivity index (χ4v) is 3.86. The molecule has 0 unspecified atom stereocenters. The summed E-state index contributed by atoms with van der Waals surface area (Å²) in [6, 6.07) is 8.52. The van der Waals surface area contributed by atoms with E-state index in [-0.39, 0.29) is 22.1 Å². The van der Waals surface area contributed by atoms with Gasteiger partial charge in [0, 0.05) is 16.6 Å². The largest absolute Gasteiger partial charge is 0.493 e. The van der Waals surface area contributed by atoms with Crippen molar-refractivity contribution in [3.63, 3.8) is 0 Å². The van der Waals surface area contributed by atoms with E-state index in [0.717, 1.165) is 6.07 Å². The molecule has 0 saturated heterocycles. The van der Waals surface area contributed by atoms with Gasteiger partial charge in [-0.2, -0.15) is 0 Å².